The number of carbonyl (C=O) groups excluding carboxylic acids is 1. The molecule has 13 heavy (non-hydrogen) atoms. The van der Waals surface area contributed by atoms with Crippen molar-refractivity contribution in [3.05, 3.63) is 34.8 Å². The summed E-state index contributed by atoms with van der Waals surface area (Å²) in [4.78, 5) is 24.0. The predicted molar refractivity (Wildman–Crippen MR) is 43.2 cm³/mol. The Bertz CT molecular complexity index is 406. The Morgan fingerprint density at radius 3 is 2.46 bits per heavy atom. The van der Waals surface area contributed by atoms with E-state index >= 15 is 0 Å². The van der Waals surface area contributed by atoms with Crippen LogP contribution >= 0.6 is 0 Å². The van der Waals surface area contributed by atoms with Gasteiger partial charge in [0.2, 0.25) is 5.39 Å². The largest absolute Gasteiger partial charge is 0.475 e. The molecule has 0 aliphatic rings. The first-order valence-electron chi connectivity index (χ1n) is 3.38. The van der Waals surface area contributed by atoms with E-state index in [4.69, 9.17) is 10.5 Å². The van der Waals surface area contributed by atoms with Crippen LogP contribution in [0.1, 0.15) is 10.4 Å². The average Bonchev–Trinajstić information content (AvgIpc) is 2.16. The van der Waals surface area contributed by atoms with Gasteiger partial charge in [-0.2, -0.15) is 0 Å². The minimum Gasteiger partial charge on any atom is -0.475 e. The summed E-state index contributed by atoms with van der Waals surface area (Å²) in [6.07, 6.45) is 0. The number of nitrogens with zero attached hydrogens (tertiary/aromatic N) is 2. The van der Waals surface area contributed by atoms with Gasteiger partial charge in [-0.25, -0.2) is 4.79 Å². The van der Waals surface area contributed by atoms with Gasteiger partial charge < -0.3 is 5.11 Å². The Morgan fingerprint density at radius 2 is 1.92 bits per heavy atom. The number of hydrogen-bond donors (Lipinski definition) is 1. The highest BCUT2D eigenvalue weighted by atomic mass is 16.4. The molecule has 0 radical (unpaired) electrons. The molecule has 0 bridgehead atoms. The summed E-state index contributed by atoms with van der Waals surface area (Å²) in [5.74, 6) is -2.66. The molecule has 0 saturated carbocycles. The zero-order valence-electron chi connectivity index (χ0n) is 6.47. The summed E-state index contributed by atoms with van der Waals surface area (Å²) >= 11 is 0. The van der Waals surface area contributed by atoms with Crippen LogP contribution in [0.2, 0.25) is 0 Å². The van der Waals surface area contributed by atoms with E-state index in [1.165, 1.54) is 24.3 Å². The summed E-state index contributed by atoms with van der Waals surface area (Å²) in [6, 6.07) is 5.65. The monoisotopic (exact) mass is 177 g/mol. The van der Waals surface area contributed by atoms with Crippen LogP contribution in [0.15, 0.2) is 24.3 Å². The number of carbonyl (C=O) groups is 2. The van der Waals surface area contributed by atoms with E-state index < -0.39 is 11.8 Å². The Kier molecular flexibility index (Phi) is 2.36. The van der Waals surface area contributed by atoms with Crippen molar-refractivity contribution in [2.24, 2.45) is 0 Å². The van der Waals surface area contributed by atoms with E-state index in [0.717, 1.165) is 0 Å². The van der Waals surface area contributed by atoms with Gasteiger partial charge in [0.1, 0.15) is 5.56 Å². The Hall–Kier alpha value is -2.22. The zero-order valence-corrected chi connectivity index (χ0v) is 6.47. The standard InChI is InChI=1S/C8H4N2O3/c9-10-6-4-2-1-3-5(6)7(11)8(12)13/h1-4H/p+1. The first kappa shape index (κ1) is 8.87. The smallest absolute Gasteiger partial charge is 0.396 e. The molecule has 5 heteroatoms. The third-order valence-corrected chi connectivity index (χ3v) is 1.45. The van der Waals surface area contributed by atoms with Crippen LogP contribution in [-0.4, -0.2) is 16.9 Å². The van der Waals surface area contributed by atoms with E-state index in [1.54, 1.807) is 0 Å². The molecular weight excluding hydrogens is 172 g/mol. The highest BCUT2D eigenvalue weighted by molar-refractivity contribution is 6.41. The van der Waals surface area contributed by atoms with Crippen molar-refractivity contribution in [3.63, 3.8) is 0 Å². The SMILES string of the molecule is N#[N+]c1ccccc1C(=O)C(=O)O. The lowest BCUT2D eigenvalue weighted by atomic mass is 10.1. The van der Waals surface area contributed by atoms with Crippen molar-refractivity contribution in [1.29, 1.82) is 5.39 Å². The molecule has 1 N–H and O–H groups in total. The molecule has 0 aliphatic carbocycles. The third kappa shape index (κ3) is 1.68. The fourth-order valence-corrected chi connectivity index (χ4v) is 0.868. The molecule has 0 spiro atoms. The number of aliphatic carboxylic acids is 1. The van der Waals surface area contributed by atoms with E-state index in [0.29, 0.717) is 0 Å². The van der Waals surface area contributed by atoms with Crippen molar-refractivity contribution >= 4 is 17.4 Å². The van der Waals surface area contributed by atoms with E-state index in [9.17, 15) is 9.59 Å². The lowest BCUT2D eigenvalue weighted by Gasteiger charge is -1.89. The molecule has 0 aliphatic heterocycles. The Balaban J connectivity index is 3.23. The van der Waals surface area contributed by atoms with Crippen LogP contribution in [0.3, 0.4) is 0 Å². The zero-order chi connectivity index (χ0) is 9.84. The second-order valence-corrected chi connectivity index (χ2v) is 2.25. The maximum atomic E-state index is 11.0. The van der Waals surface area contributed by atoms with E-state index in [-0.39, 0.29) is 11.3 Å². The average molecular weight is 177 g/mol. The van der Waals surface area contributed by atoms with Gasteiger partial charge in [0, 0.05) is 6.07 Å². The second kappa shape index (κ2) is 3.45. The van der Waals surface area contributed by atoms with Gasteiger partial charge in [-0.3, -0.25) is 4.79 Å². The molecule has 0 saturated heterocycles. The number of hydrogen-bond acceptors (Lipinski definition) is 3. The molecule has 0 fully saturated rings. The first-order chi connectivity index (χ1) is 6.16. The van der Waals surface area contributed by atoms with Crippen LogP contribution in [0.4, 0.5) is 5.69 Å². The van der Waals surface area contributed by atoms with E-state index in [2.05, 4.69) is 4.98 Å². The number of diazo groups is 1. The number of benzene rings is 1. The summed E-state index contributed by atoms with van der Waals surface area (Å²) in [7, 11) is 0. The molecule has 0 amide bonds. The second-order valence-electron chi connectivity index (χ2n) is 2.25. The molecule has 0 unspecified atom stereocenters. The normalized spacial score (nSPS) is 8.85. The molecule has 64 valence electrons. The maximum Gasteiger partial charge on any atom is 0.396 e. The lowest BCUT2D eigenvalue weighted by Crippen LogP contribution is -2.12. The van der Waals surface area contributed by atoms with Gasteiger partial charge in [0.15, 0.2) is 4.98 Å². The Labute approximate surface area is 73.2 Å². The minimum atomic E-state index is -1.57. The van der Waals surface area contributed by atoms with Gasteiger partial charge in [-0.15, -0.1) is 0 Å². The summed E-state index contributed by atoms with van der Waals surface area (Å²) in [5, 5.41) is 16.8. The highest BCUT2D eigenvalue weighted by Gasteiger charge is 2.24. The number of ketones is 1. The number of carboxylic acids is 1. The van der Waals surface area contributed by atoms with Crippen molar-refractivity contribution < 1.29 is 14.7 Å². The van der Waals surface area contributed by atoms with Gasteiger partial charge in [0.25, 0.3) is 5.78 Å². The molecule has 1 aromatic carbocycles. The van der Waals surface area contributed by atoms with Crippen molar-refractivity contribution in [2.75, 3.05) is 0 Å². The molecule has 1 rings (SSSR count). The van der Waals surface area contributed by atoms with Crippen LogP contribution < -0.4 is 0 Å². The van der Waals surface area contributed by atoms with Gasteiger partial charge in [0.05, 0.1) is 0 Å². The summed E-state index contributed by atoms with van der Waals surface area (Å²) in [5.41, 5.74) is -0.174. The molecule has 5 nitrogen and oxygen atoms in total. The number of carboxylic acid groups (broad SMARTS) is 1. The molecule has 0 aromatic heterocycles. The minimum absolute atomic E-state index is 0.0464. The predicted octanol–water partition coefficient (Wildman–Crippen LogP) is 1.44. The van der Waals surface area contributed by atoms with Gasteiger partial charge in [-0.1, -0.05) is 12.1 Å². The lowest BCUT2D eigenvalue weighted by molar-refractivity contribution is -0.131. The van der Waals surface area contributed by atoms with Crippen LogP contribution in [0.5, 0.6) is 0 Å². The van der Waals surface area contributed by atoms with Crippen LogP contribution in [-0.2, 0) is 4.79 Å². The Morgan fingerprint density at radius 1 is 1.31 bits per heavy atom. The summed E-state index contributed by atoms with van der Waals surface area (Å²) in [6.45, 7) is 0. The number of Topliss-reactive ketones (excluding diaryl/α,β-unsaturated/α-hetero) is 1. The molecule has 0 heterocycles. The van der Waals surface area contributed by atoms with Crippen LogP contribution in [0, 0.1) is 5.39 Å². The van der Waals surface area contributed by atoms with Crippen molar-refractivity contribution in [3.8, 4) is 0 Å². The van der Waals surface area contributed by atoms with Crippen molar-refractivity contribution in [1.82, 2.24) is 0 Å². The molecular formula is C8H5N2O3+. The first-order valence-corrected chi connectivity index (χ1v) is 3.38. The topological polar surface area (TPSA) is 82.5 Å². The third-order valence-electron chi connectivity index (χ3n) is 1.45. The molecule has 1 aromatic rings. The van der Waals surface area contributed by atoms with Gasteiger partial charge in [-0.05, 0) is 6.07 Å². The molecule has 0 atom stereocenters. The fourth-order valence-electron chi connectivity index (χ4n) is 0.868. The van der Waals surface area contributed by atoms with Gasteiger partial charge >= 0.3 is 11.7 Å². The quantitative estimate of drug-likeness (QED) is 0.421. The number of rotatable bonds is 2. The fraction of sp³-hybridized carbons (Fsp3) is 0. The van der Waals surface area contributed by atoms with Crippen LogP contribution in [0.25, 0.3) is 4.98 Å². The maximum absolute atomic E-state index is 11.0. The summed E-state index contributed by atoms with van der Waals surface area (Å²) < 4.78 is 0. The van der Waals surface area contributed by atoms with E-state index in [1.807, 2.05) is 0 Å². The highest BCUT2D eigenvalue weighted by Crippen LogP contribution is 2.18. The van der Waals surface area contributed by atoms with Crippen molar-refractivity contribution in [2.45, 2.75) is 0 Å².